The van der Waals surface area contributed by atoms with Gasteiger partial charge >= 0.3 is 0 Å². The molecule has 4 fully saturated rings. The van der Waals surface area contributed by atoms with E-state index in [9.17, 15) is 5.21 Å². The molecular weight excluding hydrogens is 248 g/mol. The molecule has 20 heavy (non-hydrogen) atoms. The van der Waals surface area contributed by atoms with Gasteiger partial charge in [-0.1, -0.05) is 25.9 Å². The molecule has 0 aromatic carbocycles. The second-order valence-electron chi connectivity index (χ2n) is 9.13. The molecule has 4 rings (SSSR count). The van der Waals surface area contributed by atoms with Crippen LogP contribution in [0.2, 0.25) is 0 Å². The highest BCUT2D eigenvalue weighted by Gasteiger charge is 2.56. The molecule has 1 saturated heterocycles. The van der Waals surface area contributed by atoms with Gasteiger partial charge in [0.2, 0.25) is 0 Å². The minimum Gasteiger partial charge on any atom is -0.411 e. The maximum atomic E-state index is 9.49. The summed E-state index contributed by atoms with van der Waals surface area (Å²) < 4.78 is 0. The van der Waals surface area contributed by atoms with Gasteiger partial charge in [0, 0.05) is 18.5 Å². The monoisotopic (exact) mass is 276 g/mol. The molecule has 1 N–H and O–H groups in total. The fourth-order valence-electron chi connectivity index (χ4n) is 6.47. The Hall–Kier alpha value is -0.570. The van der Waals surface area contributed by atoms with Gasteiger partial charge in [-0.25, -0.2) is 0 Å². The van der Waals surface area contributed by atoms with E-state index in [1.165, 1.54) is 45.1 Å². The van der Waals surface area contributed by atoms with Crippen molar-refractivity contribution < 1.29 is 5.21 Å². The predicted octanol–water partition coefficient (Wildman–Crippen LogP) is 3.52. The van der Waals surface area contributed by atoms with Crippen LogP contribution in [0.3, 0.4) is 0 Å². The molecule has 3 heteroatoms. The van der Waals surface area contributed by atoms with Crippen LogP contribution < -0.4 is 0 Å². The lowest BCUT2D eigenvalue weighted by Crippen LogP contribution is -2.47. The average molecular weight is 276 g/mol. The Labute approximate surface area is 122 Å². The van der Waals surface area contributed by atoms with Gasteiger partial charge in [0.1, 0.15) is 0 Å². The quantitative estimate of drug-likeness (QED) is 0.587. The molecule has 0 unspecified atom stereocenters. The number of oxime groups is 1. The number of likely N-dealkylation sites (tertiary alicyclic amines) is 1. The summed E-state index contributed by atoms with van der Waals surface area (Å²) in [4.78, 5) is 2.74. The Morgan fingerprint density at radius 3 is 2.75 bits per heavy atom. The minimum absolute atomic E-state index is 0.458. The zero-order chi connectivity index (χ0) is 14.1. The van der Waals surface area contributed by atoms with Gasteiger partial charge in [0.25, 0.3) is 0 Å². The maximum absolute atomic E-state index is 9.49. The SMILES string of the molecule is CC1(C)C[C@H]2C[C@](C)(CN2[C@H]2/C(=N\O)[C@H]3CC[C@@H]2C3)C1. The summed E-state index contributed by atoms with van der Waals surface area (Å²) in [6, 6.07) is 1.17. The molecule has 4 aliphatic rings. The molecule has 1 heterocycles. The van der Waals surface area contributed by atoms with E-state index in [2.05, 4.69) is 30.8 Å². The largest absolute Gasteiger partial charge is 0.411 e. The highest BCUT2D eigenvalue weighted by Crippen LogP contribution is 2.56. The van der Waals surface area contributed by atoms with Gasteiger partial charge in [-0.15, -0.1) is 0 Å². The van der Waals surface area contributed by atoms with Crippen LogP contribution >= 0.6 is 0 Å². The minimum atomic E-state index is 0.458. The zero-order valence-corrected chi connectivity index (χ0v) is 13.1. The third-order valence-corrected chi connectivity index (χ3v) is 6.57. The summed E-state index contributed by atoms with van der Waals surface area (Å²) in [7, 11) is 0. The summed E-state index contributed by atoms with van der Waals surface area (Å²) in [6.45, 7) is 8.56. The maximum Gasteiger partial charge on any atom is 0.0775 e. The van der Waals surface area contributed by atoms with Gasteiger partial charge in [-0.2, -0.15) is 0 Å². The van der Waals surface area contributed by atoms with Crippen molar-refractivity contribution in [1.29, 1.82) is 0 Å². The van der Waals surface area contributed by atoms with E-state index < -0.39 is 0 Å². The van der Waals surface area contributed by atoms with Crippen LogP contribution in [-0.4, -0.2) is 34.4 Å². The van der Waals surface area contributed by atoms with Gasteiger partial charge in [0.15, 0.2) is 0 Å². The second-order valence-corrected chi connectivity index (χ2v) is 9.13. The lowest BCUT2D eigenvalue weighted by Gasteiger charge is -2.41. The van der Waals surface area contributed by atoms with Crippen molar-refractivity contribution in [2.24, 2.45) is 27.8 Å². The topological polar surface area (TPSA) is 35.8 Å². The van der Waals surface area contributed by atoms with E-state index >= 15 is 0 Å². The van der Waals surface area contributed by atoms with Crippen molar-refractivity contribution in [3.05, 3.63) is 0 Å². The third kappa shape index (κ3) is 1.78. The predicted molar refractivity (Wildman–Crippen MR) is 80.1 cm³/mol. The van der Waals surface area contributed by atoms with Crippen LogP contribution in [0.1, 0.15) is 59.3 Å². The summed E-state index contributed by atoms with van der Waals surface area (Å²) in [6.07, 6.45) is 7.88. The van der Waals surface area contributed by atoms with Crippen molar-refractivity contribution >= 4 is 5.71 Å². The molecular formula is C17H28N2O. The van der Waals surface area contributed by atoms with E-state index in [1.807, 2.05) is 0 Å². The van der Waals surface area contributed by atoms with Crippen LogP contribution in [0.5, 0.6) is 0 Å². The van der Waals surface area contributed by atoms with Crippen LogP contribution in [-0.2, 0) is 0 Å². The Kier molecular flexibility index (Phi) is 2.62. The van der Waals surface area contributed by atoms with Crippen molar-refractivity contribution in [3.8, 4) is 0 Å². The first-order chi connectivity index (χ1) is 9.41. The number of hydrogen-bond donors (Lipinski definition) is 1. The van der Waals surface area contributed by atoms with Crippen molar-refractivity contribution in [2.75, 3.05) is 6.54 Å². The van der Waals surface area contributed by atoms with Crippen molar-refractivity contribution in [2.45, 2.75) is 71.4 Å². The van der Waals surface area contributed by atoms with Crippen LogP contribution in [0, 0.1) is 22.7 Å². The standard InChI is InChI=1S/C17H28N2O/c1-16(2)7-13-8-17(3,9-16)10-19(13)15-12-5-4-11(6-12)14(15)18-20/h11-13,15,20H,4-10H2,1-3H3/b18-14-/t11-,12+,13-,15+,17-/m0/s1. The van der Waals surface area contributed by atoms with E-state index in [4.69, 9.17) is 0 Å². The smallest absolute Gasteiger partial charge is 0.0775 e. The van der Waals surface area contributed by atoms with Crippen molar-refractivity contribution in [3.63, 3.8) is 0 Å². The van der Waals surface area contributed by atoms with E-state index in [0.29, 0.717) is 28.8 Å². The molecule has 3 nitrogen and oxygen atoms in total. The third-order valence-electron chi connectivity index (χ3n) is 6.57. The Morgan fingerprint density at radius 1 is 1.20 bits per heavy atom. The molecule has 0 aromatic heterocycles. The van der Waals surface area contributed by atoms with Gasteiger partial charge < -0.3 is 5.21 Å². The molecule has 3 aliphatic carbocycles. The number of hydrogen-bond acceptors (Lipinski definition) is 3. The molecule has 4 bridgehead atoms. The molecule has 0 spiro atoms. The van der Waals surface area contributed by atoms with Gasteiger partial charge in [-0.3, -0.25) is 4.90 Å². The van der Waals surface area contributed by atoms with E-state index in [0.717, 1.165) is 11.6 Å². The molecule has 3 saturated carbocycles. The number of rotatable bonds is 1. The van der Waals surface area contributed by atoms with Crippen molar-refractivity contribution in [1.82, 2.24) is 4.90 Å². The molecule has 0 amide bonds. The summed E-state index contributed by atoms with van der Waals surface area (Å²) >= 11 is 0. The van der Waals surface area contributed by atoms with Gasteiger partial charge in [-0.05, 0) is 55.3 Å². The zero-order valence-electron chi connectivity index (χ0n) is 13.1. The van der Waals surface area contributed by atoms with Crippen LogP contribution in [0.4, 0.5) is 0 Å². The Morgan fingerprint density at radius 2 is 2.00 bits per heavy atom. The van der Waals surface area contributed by atoms with Crippen LogP contribution in [0.25, 0.3) is 0 Å². The molecule has 0 radical (unpaired) electrons. The fourth-order valence-corrected chi connectivity index (χ4v) is 6.47. The normalized spacial score (nSPS) is 52.0. The molecule has 1 aliphatic heterocycles. The Balaban J connectivity index is 1.64. The summed E-state index contributed by atoms with van der Waals surface area (Å²) in [5.74, 6) is 1.34. The van der Waals surface area contributed by atoms with E-state index in [1.54, 1.807) is 0 Å². The molecule has 112 valence electrons. The lowest BCUT2D eigenvalue weighted by molar-refractivity contribution is 0.118. The average Bonchev–Trinajstić information content (AvgIpc) is 2.98. The fraction of sp³-hybridized carbons (Fsp3) is 0.941. The lowest BCUT2D eigenvalue weighted by atomic mass is 9.65. The number of nitrogens with zero attached hydrogens (tertiary/aromatic N) is 2. The second kappa shape index (κ2) is 4.00. The highest BCUT2D eigenvalue weighted by atomic mass is 16.4. The summed E-state index contributed by atoms with van der Waals surface area (Å²) in [5, 5.41) is 13.2. The Bertz CT molecular complexity index is 458. The van der Waals surface area contributed by atoms with Gasteiger partial charge in [0.05, 0.1) is 11.8 Å². The first kappa shape index (κ1) is 13.1. The number of fused-ring (bicyclic) bond motifs is 4. The molecule has 5 atom stereocenters. The van der Waals surface area contributed by atoms with Crippen LogP contribution in [0.15, 0.2) is 5.16 Å². The van der Waals surface area contributed by atoms with E-state index in [-0.39, 0.29) is 0 Å². The first-order valence-corrected chi connectivity index (χ1v) is 8.38. The summed E-state index contributed by atoms with van der Waals surface area (Å²) in [5.41, 5.74) is 2.07. The molecule has 0 aromatic rings. The first-order valence-electron chi connectivity index (χ1n) is 8.38. The highest BCUT2D eigenvalue weighted by molar-refractivity contribution is 5.94.